The van der Waals surface area contributed by atoms with Crippen molar-refractivity contribution in [3.63, 3.8) is 0 Å². The molecule has 19 heavy (non-hydrogen) atoms. The predicted octanol–water partition coefficient (Wildman–Crippen LogP) is 1.65. The molecular formula is C14H20BrNO3. The lowest BCUT2D eigenvalue weighted by Crippen LogP contribution is -2.43. The van der Waals surface area contributed by atoms with Gasteiger partial charge in [-0.15, -0.1) is 0 Å². The summed E-state index contributed by atoms with van der Waals surface area (Å²) in [5, 5.41) is 19.5. The molecule has 1 heterocycles. The van der Waals surface area contributed by atoms with Gasteiger partial charge in [0.05, 0.1) is 6.10 Å². The van der Waals surface area contributed by atoms with Gasteiger partial charge in [0.1, 0.15) is 18.5 Å². The lowest BCUT2D eigenvalue weighted by Gasteiger charge is -2.31. The molecule has 5 heteroatoms. The molecule has 1 fully saturated rings. The molecule has 2 N–H and O–H groups in total. The minimum atomic E-state index is -0.538. The van der Waals surface area contributed by atoms with Crippen molar-refractivity contribution < 1.29 is 14.9 Å². The van der Waals surface area contributed by atoms with E-state index in [9.17, 15) is 10.2 Å². The van der Waals surface area contributed by atoms with Crippen molar-refractivity contribution in [2.24, 2.45) is 0 Å². The summed E-state index contributed by atoms with van der Waals surface area (Å²) in [6, 6.07) is 7.56. The van der Waals surface area contributed by atoms with E-state index in [1.807, 2.05) is 24.3 Å². The minimum Gasteiger partial charge on any atom is -0.491 e. The first-order chi connectivity index (χ1) is 9.13. The summed E-state index contributed by atoms with van der Waals surface area (Å²) in [5.41, 5.74) is 0. The first kappa shape index (κ1) is 14.8. The van der Waals surface area contributed by atoms with Gasteiger partial charge in [0, 0.05) is 17.6 Å². The zero-order valence-corrected chi connectivity index (χ0v) is 12.4. The van der Waals surface area contributed by atoms with Crippen molar-refractivity contribution in [3.05, 3.63) is 28.7 Å². The van der Waals surface area contributed by atoms with E-state index in [1.165, 1.54) is 0 Å². The summed E-state index contributed by atoms with van der Waals surface area (Å²) < 4.78 is 6.50. The SMILES string of the molecule is OC1CCCN(CC(O)COc2cccc(Br)c2)C1. The van der Waals surface area contributed by atoms with Crippen LogP contribution >= 0.6 is 15.9 Å². The van der Waals surface area contributed by atoms with Crippen LogP contribution in [-0.4, -0.2) is 53.6 Å². The van der Waals surface area contributed by atoms with E-state index in [4.69, 9.17) is 4.74 Å². The van der Waals surface area contributed by atoms with Crippen LogP contribution in [0, 0.1) is 0 Å². The number of hydrogen-bond acceptors (Lipinski definition) is 4. The van der Waals surface area contributed by atoms with Crippen LogP contribution in [0.4, 0.5) is 0 Å². The molecule has 2 atom stereocenters. The summed E-state index contributed by atoms with van der Waals surface area (Å²) >= 11 is 3.38. The highest BCUT2D eigenvalue weighted by molar-refractivity contribution is 9.10. The van der Waals surface area contributed by atoms with Crippen LogP contribution in [-0.2, 0) is 0 Å². The van der Waals surface area contributed by atoms with Crippen LogP contribution in [0.1, 0.15) is 12.8 Å². The summed E-state index contributed by atoms with van der Waals surface area (Å²) in [6.07, 6.45) is 1.05. The molecule has 0 aromatic heterocycles. The largest absolute Gasteiger partial charge is 0.491 e. The Morgan fingerprint density at radius 2 is 2.32 bits per heavy atom. The van der Waals surface area contributed by atoms with E-state index >= 15 is 0 Å². The molecule has 0 amide bonds. The second-order valence-electron chi connectivity index (χ2n) is 4.98. The van der Waals surface area contributed by atoms with E-state index in [1.54, 1.807) is 0 Å². The third kappa shape index (κ3) is 5.10. The number of ether oxygens (including phenoxy) is 1. The fourth-order valence-electron chi connectivity index (χ4n) is 2.30. The zero-order valence-electron chi connectivity index (χ0n) is 10.8. The molecule has 1 aliphatic heterocycles. The molecule has 106 valence electrons. The van der Waals surface area contributed by atoms with Gasteiger partial charge in [-0.2, -0.15) is 0 Å². The molecule has 1 aromatic carbocycles. The normalized spacial score (nSPS) is 22.2. The Morgan fingerprint density at radius 1 is 1.47 bits per heavy atom. The highest BCUT2D eigenvalue weighted by Gasteiger charge is 2.20. The van der Waals surface area contributed by atoms with Gasteiger partial charge in [-0.05, 0) is 37.6 Å². The van der Waals surface area contributed by atoms with Gasteiger partial charge >= 0.3 is 0 Å². The number of benzene rings is 1. The Balaban J connectivity index is 1.73. The second-order valence-corrected chi connectivity index (χ2v) is 5.89. The van der Waals surface area contributed by atoms with Crippen molar-refractivity contribution in [1.29, 1.82) is 0 Å². The maximum Gasteiger partial charge on any atom is 0.120 e. The number of halogens is 1. The Kier molecular flexibility index (Phi) is 5.63. The molecule has 2 unspecified atom stereocenters. The van der Waals surface area contributed by atoms with Crippen LogP contribution in [0.2, 0.25) is 0 Å². The van der Waals surface area contributed by atoms with E-state index in [0.29, 0.717) is 13.1 Å². The molecule has 0 aliphatic carbocycles. The average Bonchev–Trinajstić information content (AvgIpc) is 2.36. The van der Waals surface area contributed by atoms with Crippen molar-refractivity contribution in [2.45, 2.75) is 25.0 Å². The van der Waals surface area contributed by atoms with Crippen molar-refractivity contribution in [3.8, 4) is 5.75 Å². The number of aliphatic hydroxyl groups excluding tert-OH is 2. The van der Waals surface area contributed by atoms with Gasteiger partial charge in [-0.25, -0.2) is 0 Å². The molecule has 1 aromatic rings. The summed E-state index contributed by atoms with van der Waals surface area (Å²) in [7, 11) is 0. The van der Waals surface area contributed by atoms with Crippen LogP contribution in [0.3, 0.4) is 0 Å². The summed E-state index contributed by atoms with van der Waals surface area (Å²) in [6.45, 7) is 2.40. The Morgan fingerprint density at radius 3 is 3.05 bits per heavy atom. The molecule has 0 saturated carbocycles. The van der Waals surface area contributed by atoms with Crippen molar-refractivity contribution in [2.75, 3.05) is 26.2 Å². The summed E-state index contributed by atoms with van der Waals surface area (Å²) in [5.74, 6) is 0.743. The van der Waals surface area contributed by atoms with Gasteiger partial charge in [0.25, 0.3) is 0 Å². The Hall–Kier alpha value is -0.620. The minimum absolute atomic E-state index is 0.257. The lowest BCUT2D eigenvalue weighted by atomic mass is 10.1. The number of β-amino-alcohol motifs (C(OH)–C–C–N with tert-alkyl or cyclic N) is 2. The second kappa shape index (κ2) is 7.24. The van der Waals surface area contributed by atoms with E-state index in [-0.39, 0.29) is 12.7 Å². The molecule has 2 rings (SSSR count). The van der Waals surface area contributed by atoms with Crippen LogP contribution in [0.25, 0.3) is 0 Å². The van der Waals surface area contributed by atoms with Gasteiger partial charge < -0.3 is 14.9 Å². The molecule has 0 radical (unpaired) electrons. The number of rotatable bonds is 5. The van der Waals surface area contributed by atoms with Crippen LogP contribution in [0.5, 0.6) is 5.75 Å². The molecule has 4 nitrogen and oxygen atoms in total. The third-order valence-electron chi connectivity index (χ3n) is 3.19. The molecule has 0 bridgehead atoms. The maximum absolute atomic E-state index is 9.96. The third-order valence-corrected chi connectivity index (χ3v) is 3.68. The standard InChI is InChI=1S/C14H20BrNO3/c15-11-3-1-5-14(7-11)19-10-13(18)9-16-6-2-4-12(17)8-16/h1,3,5,7,12-13,17-18H,2,4,6,8-10H2. The number of hydrogen-bond donors (Lipinski definition) is 2. The van der Waals surface area contributed by atoms with Crippen LogP contribution in [0.15, 0.2) is 28.7 Å². The lowest BCUT2D eigenvalue weighted by molar-refractivity contribution is 0.0243. The van der Waals surface area contributed by atoms with E-state index in [0.717, 1.165) is 29.6 Å². The fraction of sp³-hybridized carbons (Fsp3) is 0.571. The molecular weight excluding hydrogens is 310 g/mol. The predicted molar refractivity (Wildman–Crippen MR) is 77.3 cm³/mol. The number of piperidine rings is 1. The van der Waals surface area contributed by atoms with Gasteiger partial charge in [0.15, 0.2) is 0 Å². The van der Waals surface area contributed by atoms with Crippen molar-refractivity contribution >= 4 is 15.9 Å². The topological polar surface area (TPSA) is 52.9 Å². The molecule has 1 aliphatic rings. The Bertz CT molecular complexity index is 402. The Labute approximate surface area is 122 Å². The van der Waals surface area contributed by atoms with Gasteiger partial charge in [0.2, 0.25) is 0 Å². The average molecular weight is 330 g/mol. The van der Waals surface area contributed by atoms with E-state index < -0.39 is 6.10 Å². The smallest absolute Gasteiger partial charge is 0.120 e. The first-order valence-corrected chi connectivity index (χ1v) is 7.39. The maximum atomic E-state index is 9.96. The first-order valence-electron chi connectivity index (χ1n) is 6.60. The molecule has 1 saturated heterocycles. The summed E-state index contributed by atoms with van der Waals surface area (Å²) in [4.78, 5) is 2.09. The number of nitrogens with zero attached hydrogens (tertiary/aromatic N) is 1. The fourth-order valence-corrected chi connectivity index (χ4v) is 2.68. The molecule has 0 spiro atoms. The number of likely N-dealkylation sites (tertiary alicyclic amines) is 1. The number of aliphatic hydroxyl groups is 2. The highest BCUT2D eigenvalue weighted by atomic mass is 79.9. The van der Waals surface area contributed by atoms with Crippen molar-refractivity contribution in [1.82, 2.24) is 4.90 Å². The van der Waals surface area contributed by atoms with Gasteiger partial charge in [-0.1, -0.05) is 22.0 Å². The zero-order chi connectivity index (χ0) is 13.7. The highest BCUT2D eigenvalue weighted by Crippen LogP contribution is 2.18. The monoisotopic (exact) mass is 329 g/mol. The van der Waals surface area contributed by atoms with E-state index in [2.05, 4.69) is 20.8 Å². The van der Waals surface area contributed by atoms with Gasteiger partial charge in [-0.3, -0.25) is 4.90 Å². The quantitative estimate of drug-likeness (QED) is 0.862. The van der Waals surface area contributed by atoms with Crippen LogP contribution < -0.4 is 4.74 Å².